The maximum Gasteiger partial charge on any atom is 0.227 e. The summed E-state index contributed by atoms with van der Waals surface area (Å²) in [4.78, 5) is 14.8. The van der Waals surface area contributed by atoms with Gasteiger partial charge in [-0.1, -0.05) is 41.9 Å². The molecule has 0 N–H and O–H groups in total. The summed E-state index contributed by atoms with van der Waals surface area (Å²) >= 11 is 6.25. The van der Waals surface area contributed by atoms with E-state index in [0.29, 0.717) is 24.5 Å². The van der Waals surface area contributed by atoms with Crippen LogP contribution in [0, 0.1) is 6.92 Å². The largest absolute Gasteiger partial charge is 0.332 e. The summed E-state index contributed by atoms with van der Waals surface area (Å²) in [6, 6.07) is 19.8. The van der Waals surface area contributed by atoms with Crippen molar-refractivity contribution in [2.24, 2.45) is 0 Å². The van der Waals surface area contributed by atoms with Gasteiger partial charge in [-0.3, -0.25) is 4.79 Å². The normalized spacial score (nSPS) is 12.9. The molecule has 5 nitrogen and oxygen atoms in total. The molecule has 0 saturated heterocycles. The highest BCUT2D eigenvalue weighted by Gasteiger charge is 2.31. The van der Waals surface area contributed by atoms with Gasteiger partial charge in [0.05, 0.1) is 30.9 Å². The quantitative estimate of drug-likeness (QED) is 0.483. The van der Waals surface area contributed by atoms with E-state index in [1.54, 1.807) is 0 Å². The molecule has 0 radical (unpaired) electrons. The summed E-state index contributed by atoms with van der Waals surface area (Å²) in [6.45, 7) is 3.12. The van der Waals surface area contributed by atoms with Gasteiger partial charge in [0.1, 0.15) is 5.82 Å². The summed E-state index contributed by atoms with van der Waals surface area (Å²) in [5.41, 5.74) is 5.07. The number of amides is 1. The molecule has 0 unspecified atom stereocenters. The van der Waals surface area contributed by atoms with Crippen LogP contribution in [-0.4, -0.2) is 25.2 Å². The van der Waals surface area contributed by atoms with Gasteiger partial charge in [-0.2, -0.15) is 5.10 Å². The predicted molar refractivity (Wildman–Crippen MR) is 117 cm³/mol. The number of aryl methyl sites for hydroxylation is 1. The van der Waals surface area contributed by atoms with Gasteiger partial charge >= 0.3 is 0 Å². The van der Waals surface area contributed by atoms with Gasteiger partial charge in [-0.15, -0.1) is 0 Å². The average molecular weight is 417 g/mol. The molecule has 3 heterocycles. The maximum absolute atomic E-state index is 13.0. The molecule has 6 heteroatoms. The minimum atomic E-state index is 0.0571. The van der Waals surface area contributed by atoms with Crippen molar-refractivity contribution in [1.82, 2.24) is 19.2 Å². The topological polar surface area (TPSA) is 43.1 Å². The highest BCUT2D eigenvalue weighted by atomic mass is 35.5. The van der Waals surface area contributed by atoms with Crippen LogP contribution in [0.2, 0.25) is 5.02 Å². The summed E-state index contributed by atoms with van der Waals surface area (Å²) in [5.74, 6) is 1.04. The first-order valence-corrected chi connectivity index (χ1v) is 10.3. The maximum atomic E-state index is 13.0. The lowest BCUT2D eigenvalue weighted by Gasteiger charge is -2.18. The summed E-state index contributed by atoms with van der Waals surface area (Å²) in [7, 11) is 0. The van der Waals surface area contributed by atoms with Crippen LogP contribution in [0.15, 0.2) is 73.1 Å². The van der Waals surface area contributed by atoms with Crippen LogP contribution < -0.4 is 0 Å². The monoisotopic (exact) mass is 416 g/mol. The van der Waals surface area contributed by atoms with Crippen molar-refractivity contribution < 1.29 is 4.79 Å². The number of fused-ring (bicyclic) bond motifs is 1. The van der Waals surface area contributed by atoms with E-state index in [9.17, 15) is 4.79 Å². The second-order valence-electron chi connectivity index (χ2n) is 7.61. The van der Waals surface area contributed by atoms with E-state index in [1.807, 2.05) is 64.4 Å². The number of hydrogen-bond donors (Lipinski definition) is 0. The Morgan fingerprint density at radius 1 is 1.03 bits per heavy atom. The fraction of sp³-hybridized carbons (Fsp3) is 0.167. The first kappa shape index (κ1) is 18.7. The van der Waals surface area contributed by atoms with Crippen LogP contribution in [0.1, 0.15) is 22.4 Å². The first-order valence-electron chi connectivity index (χ1n) is 9.92. The van der Waals surface area contributed by atoms with Gasteiger partial charge in [0.25, 0.3) is 0 Å². The molecule has 150 valence electrons. The summed E-state index contributed by atoms with van der Waals surface area (Å²) < 4.78 is 4.05. The van der Waals surface area contributed by atoms with Crippen LogP contribution in [0.3, 0.4) is 0 Å². The second kappa shape index (κ2) is 7.50. The Balaban J connectivity index is 1.48. The van der Waals surface area contributed by atoms with Crippen molar-refractivity contribution in [2.75, 3.05) is 0 Å². The van der Waals surface area contributed by atoms with Gasteiger partial charge in [-0.05, 0) is 48.4 Å². The third-order valence-electron chi connectivity index (χ3n) is 5.48. The fourth-order valence-corrected chi connectivity index (χ4v) is 4.18. The minimum absolute atomic E-state index is 0.0571. The number of aromatic nitrogens is 3. The van der Waals surface area contributed by atoms with Gasteiger partial charge in [0.2, 0.25) is 5.91 Å². The van der Waals surface area contributed by atoms with Gasteiger partial charge in [0, 0.05) is 23.0 Å². The lowest BCUT2D eigenvalue weighted by Crippen LogP contribution is -2.28. The Hall–Kier alpha value is -3.31. The SMILES string of the molecule is Cc1cccc(-n2nc3c(c2-n2cccc2)CN(C(=O)Cc2ccccc2Cl)C3)c1. The van der Waals surface area contributed by atoms with E-state index in [2.05, 4.69) is 29.7 Å². The second-order valence-corrected chi connectivity index (χ2v) is 8.02. The Labute approximate surface area is 180 Å². The van der Waals surface area contributed by atoms with Crippen molar-refractivity contribution in [3.63, 3.8) is 0 Å². The van der Waals surface area contributed by atoms with Crippen molar-refractivity contribution in [1.29, 1.82) is 0 Å². The zero-order valence-corrected chi connectivity index (χ0v) is 17.4. The first-order chi connectivity index (χ1) is 14.6. The molecule has 0 atom stereocenters. The Morgan fingerprint density at radius 2 is 1.83 bits per heavy atom. The van der Waals surface area contributed by atoms with Gasteiger partial charge in [0.15, 0.2) is 0 Å². The highest BCUT2D eigenvalue weighted by Crippen LogP contribution is 2.31. The van der Waals surface area contributed by atoms with E-state index >= 15 is 0 Å². The summed E-state index contributed by atoms with van der Waals surface area (Å²) in [6.07, 6.45) is 4.32. The van der Waals surface area contributed by atoms with Crippen molar-refractivity contribution in [3.05, 3.63) is 100 Å². The standard InChI is InChI=1S/C24H21ClN4O/c1-17-7-6-9-19(13-17)29-24(27-11-4-5-12-27)20-15-28(16-22(20)26-29)23(30)14-18-8-2-3-10-21(18)25/h2-13H,14-16H2,1H3. The van der Waals surface area contributed by atoms with Gasteiger partial charge in [-0.25, -0.2) is 4.68 Å². The van der Waals surface area contributed by atoms with Gasteiger partial charge < -0.3 is 9.47 Å². The Morgan fingerprint density at radius 3 is 2.60 bits per heavy atom. The lowest BCUT2D eigenvalue weighted by molar-refractivity contribution is -0.131. The number of halogens is 1. The third-order valence-corrected chi connectivity index (χ3v) is 5.85. The Kier molecular flexibility index (Phi) is 4.68. The molecule has 4 aromatic rings. The Bertz CT molecular complexity index is 1230. The van der Waals surface area contributed by atoms with Crippen molar-refractivity contribution in [2.45, 2.75) is 26.4 Å². The van der Waals surface area contributed by atoms with Crippen molar-refractivity contribution in [3.8, 4) is 11.5 Å². The van der Waals surface area contributed by atoms with Crippen LogP contribution in [0.25, 0.3) is 11.5 Å². The molecule has 5 rings (SSSR count). The van der Waals surface area contributed by atoms with Crippen LogP contribution in [-0.2, 0) is 24.3 Å². The fourth-order valence-electron chi connectivity index (χ4n) is 3.98. The minimum Gasteiger partial charge on any atom is -0.332 e. The molecule has 0 saturated carbocycles. The predicted octanol–water partition coefficient (Wildman–Crippen LogP) is 4.71. The molecule has 30 heavy (non-hydrogen) atoms. The average Bonchev–Trinajstić information content (AvgIpc) is 3.45. The zero-order valence-electron chi connectivity index (χ0n) is 16.6. The van der Waals surface area contributed by atoms with E-state index in [0.717, 1.165) is 28.3 Å². The van der Waals surface area contributed by atoms with E-state index in [-0.39, 0.29) is 5.91 Å². The molecule has 1 amide bonds. The zero-order chi connectivity index (χ0) is 20.7. The molecule has 0 fully saturated rings. The number of nitrogens with zero attached hydrogens (tertiary/aromatic N) is 4. The van der Waals surface area contributed by atoms with Crippen LogP contribution in [0.4, 0.5) is 0 Å². The molecule has 1 aliphatic heterocycles. The number of carbonyl (C=O) groups excluding carboxylic acids is 1. The molecule has 1 aliphatic rings. The number of hydrogen-bond acceptors (Lipinski definition) is 2. The summed E-state index contributed by atoms with van der Waals surface area (Å²) in [5, 5.41) is 5.52. The molecule has 0 bridgehead atoms. The lowest BCUT2D eigenvalue weighted by atomic mass is 10.1. The van der Waals surface area contributed by atoms with E-state index < -0.39 is 0 Å². The third kappa shape index (κ3) is 3.31. The molecule has 0 spiro atoms. The smallest absolute Gasteiger partial charge is 0.227 e. The molecule has 2 aromatic heterocycles. The van der Waals surface area contributed by atoms with Crippen LogP contribution >= 0.6 is 11.6 Å². The van der Waals surface area contributed by atoms with Crippen LogP contribution in [0.5, 0.6) is 0 Å². The van der Waals surface area contributed by atoms with E-state index in [1.165, 1.54) is 5.56 Å². The van der Waals surface area contributed by atoms with E-state index in [4.69, 9.17) is 16.7 Å². The molecular formula is C24H21ClN4O. The molecular weight excluding hydrogens is 396 g/mol. The highest BCUT2D eigenvalue weighted by molar-refractivity contribution is 6.31. The molecule has 2 aromatic carbocycles. The number of rotatable bonds is 4. The molecule has 0 aliphatic carbocycles. The number of carbonyl (C=O) groups is 1. The van der Waals surface area contributed by atoms with Crippen molar-refractivity contribution >= 4 is 17.5 Å². The number of benzene rings is 2.